The molecular weight excluding hydrogens is 192 g/mol. The molecule has 1 aromatic carbocycles. The van der Waals surface area contributed by atoms with Crippen molar-refractivity contribution >= 4 is 17.6 Å². The van der Waals surface area contributed by atoms with Crippen molar-refractivity contribution in [3.8, 4) is 5.75 Å². The zero-order chi connectivity index (χ0) is 9.84. The molecule has 0 atom stereocenters. The van der Waals surface area contributed by atoms with Gasteiger partial charge in [-0.25, -0.2) is 4.79 Å². The maximum Gasteiger partial charge on any atom is 0.337 e. The Labute approximate surface area is 80.9 Å². The molecule has 0 saturated heterocycles. The van der Waals surface area contributed by atoms with E-state index in [1.165, 1.54) is 6.07 Å². The van der Waals surface area contributed by atoms with Crippen molar-refractivity contribution in [1.29, 1.82) is 0 Å². The summed E-state index contributed by atoms with van der Waals surface area (Å²) in [6, 6.07) is 4.97. The highest BCUT2D eigenvalue weighted by atomic mass is 35.5. The van der Waals surface area contributed by atoms with Gasteiger partial charge < -0.3 is 9.84 Å². The molecule has 0 aromatic heterocycles. The number of carbonyl (C=O) groups is 1. The Morgan fingerprint density at radius 3 is 2.92 bits per heavy atom. The number of ether oxygens (including phenoxy) is 1. The first-order valence-corrected chi connectivity index (χ1v) is 4.09. The highest BCUT2D eigenvalue weighted by Crippen LogP contribution is 2.22. The van der Waals surface area contributed by atoms with Crippen LogP contribution in [0.15, 0.2) is 18.2 Å². The van der Waals surface area contributed by atoms with Gasteiger partial charge in [-0.05, 0) is 24.6 Å². The summed E-state index contributed by atoms with van der Waals surface area (Å²) in [5.41, 5.74) is 0.797. The lowest BCUT2D eigenvalue weighted by Crippen LogP contribution is -2.12. The predicted octanol–water partition coefficient (Wildman–Crippen LogP) is 1.55. The van der Waals surface area contributed by atoms with Crippen molar-refractivity contribution in [2.75, 3.05) is 6.61 Å². The van der Waals surface area contributed by atoms with E-state index in [0.29, 0.717) is 10.8 Å². The predicted molar refractivity (Wildman–Crippen MR) is 48.9 cm³/mol. The molecule has 0 aliphatic rings. The molecule has 0 amide bonds. The van der Waals surface area contributed by atoms with Gasteiger partial charge in [0.2, 0.25) is 0 Å². The van der Waals surface area contributed by atoms with Gasteiger partial charge in [0, 0.05) is 5.02 Å². The molecule has 0 unspecified atom stereocenters. The summed E-state index contributed by atoms with van der Waals surface area (Å²) in [4.78, 5) is 10.7. The number of hydrogen-bond donors (Lipinski definition) is 1. The normalized spacial score (nSPS) is 9.77. The van der Waals surface area contributed by atoms with Crippen molar-refractivity contribution in [1.82, 2.24) is 0 Å². The summed E-state index contributed by atoms with van der Waals surface area (Å²) in [5.74, 6) is -0.308. The fourth-order valence-corrected chi connectivity index (χ4v) is 1.00. The fourth-order valence-electron chi connectivity index (χ4n) is 0.839. The van der Waals surface area contributed by atoms with E-state index in [1.807, 2.05) is 0 Å². The first-order chi connectivity index (χ1) is 6.13. The van der Waals surface area contributed by atoms with Crippen LogP contribution in [0.25, 0.3) is 0 Å². The number of aliphatic hydroxyl groups excluding tert-OH is 1. The number of benzene rings is 1. The molecule has 70 valence electrons. The molecule has 0 radical (unpaired) electrons. The van der Waals surface area contributed by atoms with Crippen molar-refractivity contribution in [2.45, 2.75) is 6.92 Å². The third-order valence-corrected chi connectivity index (χ3v) is 1.74. The number of halogens is 1. The van der Waals surface area contributed by atoms with Gasteiger partial charge in [-0.1, -0.05) is 17.7 Å². The van der Waals surface area contributed by atoms with E-state index in [-0.39, 0.29) is 0 Å². The zero-order valence-electron chi connectivity index (χ0n) is 7.08. The quantitative estimate of drug-likeness (QED) is 0.582. The maximum atomic E-state index is 10.7. The summed E-state index contributed by atoms with van der Waals surface area (Å²) in [6.45, 7) is 1.16. The molecule has 4 heteroatoms. The standard InChI is InChI=1S/C9H9ClO3/c1-6-2-3-7(10)4-8(6)13-9(12)5-11/h2-4,11H,5H2,1H3. The lowest BCUT2D eigenvalue weighted by Gasteiger charge is -2.05. The van der Waals surface area contributed by atoms with E-state index >= 15 is 0 Å². The smallest absolute Gasteiger partial charge is 0.337 e. The number of rotatable bonds is 2. The molecule has 13 heavy (non-hydrogen) atoms. The SMILES string of the molecule is Cc1ccc(Cl)cc1OC(=O)CO. The molecule has 0 saturated carbocycles. The van der Waals surface area contributed by atoms with Crippen LogP contribution in [0.4, 0.5) is 0 Å². The molecular formula is C9H9ClO3. The third-order valence-electron chi connectivity index (χ3n) is 1.50. The summed E-state index contributed by atoms with van der Waals surface area (Å²) in [5, 5.41) is 8.94. The van der Waals surface area contributed by atoms with Gasteiger partial charge >= 0.3 is 5.97 Å². The van der Waals surface area contributed by atoms with Crippen molar-refractivity contribution in [3.63, 3.8) is 0 Å². The van der Waals surface area contributed by atoms with Crippen LogP contribution in [0.2, 0.25) is 5.02 Å². The van der Waals surface area contributed by atoms with Crippen LogP contribution in [0, 0.1) is 6.92 Å². The summed E-state index contributed by atoms with van der Waals surface area (Å²) in [6.07, 6.45) is 0. The second-order valence-electron chi connectivity index (χ2n) is 2.54. The van der Waals surface area contributed by atoms with Crippen LogP contribution < -0.4 is 4.74 Å². The number of esters is 1. The minimum Gasteiger partial charge on any atom is -0.424 e. The number of aryl methyl sites for hydroxylation is 1. The lowest BCUT2D eigenvalue weighted by molar-refractivity contribution is -0.137. The summed E-state index contributed by atoms with van der Waals surface area (Å²) in [7, 11) is 0. The Kier molecular flexibility index (Phi) is 3.28. The molecule has 1 aromatic rings. The fraction of sp³-hybridized carbons (Fsp3) is 0.222. The van der Waals surface area contributed by atoms with Gasteiger partial charge in [0.05, 0.1) is 0 Å². The van der Waals surface area contributed by atoms with E-state index in [9.17, 15) is 4.79 Å². The molecule has 0 aliphatic heterocycles. The largest absolute Gasteiger partial charge is 0.424 e. The van der Waals surface area contributed by atoms with Crippen molar-refractivity contribution in [2.24, 2.45) is 0 Å². The van der Waals surface area contributed by atoms with Crippen LogP contribution in [0.3, 0.4) is 0 Å². The number of aliphatic hydroxyl groups is 1. The van der Waals surface area contributed by atoms with Gasteiger partial charge in [0.25, 0.3) is 0 Å². The topological polar surface area (TPSA) is 46.5 Å². The minimum atomic E-state index is -0.689. The van der Waals surface area contributed by atoms with Gasteiger partial charge in [0.15, 0.2) is 0 Å². The highest BCUT2D eigenvalue weighted by Gasteiger charge is 2.05. The minimum absolute atomic E-state index is 0.381. The average Bonchev–Trinajstić information content (AvgIpc) is 2.11. The Balaban J connectivity index is 2.87. The van der Waals surface area contributed by atoms with E-state index in [2.05, 4.69) is 0 Å². The molecule has 1 N–H and O–H groups in total. The summed E-state index contributed by atoms with van der Waals surface area (Å²) >= 11 is 5.69. The van der Waals surface area contributed by atoms with Gasteiger partial charge in [-0.3, -0.25) is 0 Å². The van der Waals surface area contributed by atoms with Crippen LogP contribution >= 0.6 is 11.6 Å². The Morgan fingerprint density at radius 1 is 1.62 bits per heavy atom. The lowest BCUT2D eigenvalue weighted by atomic mass is 10.2. The van der Waals surface area contributed by atoms with E-state index < -0.39 is 12.6 Å². The monoisotopic (exact) mass is 200 g/mol. The van der Waals surface area contributed by atoms with Crippen LogP contribution in [0.5, 0.6) is 5.75 Å². The van der Waals surface area contributed by atoms with Crippen molar-refractivity contribution < 1.29 is 14.6 Å². The number of carbonyl (C=O) groups excluding carboxylic acids is 1. The molecule has 0 spiro atoms. The Bertz CT molecular complexity index is 323. The average molecular weight is 201 g/mol. The Morgan fingerprint density at radius 2 is 2.31 bits per heavy atom. The maximum absolute atomic E-state index is 10.7. The molecule has 0 aliphatic carbocycles. The molecule has 1 rings (SSSR count). The van der Waals surface area contributed by atoms with E-state index in [4.69, 9.17) is 21.4 Å². The first kappa shape index (κ1) is 10.0. The zero-order valence-corrected chi connectivity index (χ0v) is 7.84. The van der Waals surface area contributed by atoms with E-state index in [1.54, 1.807) is 19.1 Å². The van der Waals surface area contributed by atoms with E-state index in [0.717, 1.165) is 5.56 Å². The van der Waals surface area contributed by atoms with Crippen LogP contribution in [-0.2, 0) is 4.79 Å². The highest BCUT2D eigenvalue weighted by molar-refractivity contribution is 6.30. The molecule has 0 bridgehead atoms. The van der Waals surface area contributed by atoms with Crippen molar-refractivity contribution in [3.05, 3.63) is 28.8 Å². The second-order valence-corrected chi connectivity index (χ2v) is 2.98. The molecule has 3 nitrogen and oxygen atoms in total. The Hall–Kier alpha value is -1.06. The molecule has 0 fully saturated rings. The van der Waals surface area contributed by atoms with Crippen LogP contribution in [0.1, 0.15) is 5.56 Å². The molecule has 0 heterocycles. The first-order valence-electron chi connectivity index (χ1n) is 3.71. The number of hydrogen-bond acceptors (Lipinski definition) is 3. The van der Waals surface area contributed by atoms with Gasteiger partial charge in [-0.15, -0.1) is 0 Å². The van der Waals surface area contributed by atoms with Gasteiger partial charge in [0.1, 0.15) is 12.4 Å². The van der Waals surface area contributed by atoms with Gasteiger partial charge in [-0.2, -0.15) is 0 Å². The second kappa shape index (κ2) is 4.25. The van der Waals surface area contributed by atoms with Crippen LogP contribution in [-0.4, -0.2) is 17.7 Å². The summed E-state index contributed by atoms with van der Waals surface area (Å²) < 4.78 is 4.80. The third kappa shape index (κ3) is 2.72.